The quantitative estimate of drug-likeness (QED) is 0.652. The second-order valence-corrected chi connectivity index (χ2v) is 3.98. The molecule has 8 heteroatoms. The van der Waals surface area contributed by atoms with Crippen molar-refractivity contribution in [3.63, 3.8) is 0 Å². The SMILES string of the molecule is NC(=O)COc1ccc(C(=O)NCC(F)(F)CO)cc1. The summed E-state index contributed by atoms with van der Waals surface area (Å²) in [6.45, 7) is -2.59. The van der Waals surface area contributed by atoms with E-state index in [-0.39, 0.29) is 12.2 Å². The molecule has 1 aromatic rings. The Bertz CT molecular complexity index is 477. The van der Waals surface area contributed by atoms with Crippen LogP contribution in [0.2, 0.25) is 0 Å². The second-order valence-electron chi connectivity index (χ2n) is 3.98. The minimum atomic E-state index is -3.36. The predicted molar refractivity (Wildman–Crippen MR) is 65.5 cm³/mol. The molecule has 0 saturated carbocycles. The molecule has 20 heavy (non-hydrogen) atoms. The van der Waals surface area contributed by atoms with Crippen molar-refractivity contribution in [3.05, 3.63) is 29.8 Å². The monoisotopic (exact) mass is 288 g/mol. The highest BCUT2D eigenvalue weighted by atomic mass is 19.3. The number of hydrogen-bond acceptors (Lipinski definition) is 4. The largest absolute Gasteiger partial charge is 0.484 e. The molecule has 0 heterocycles. The number of hydrogen-bond donors (Lipinski definition) is 3. The summed E-state index contributed by atoms with van der Waals surface area (Å²) in [5.41, 5.74) is 5.04. The third-order valence-electron chi connectivity index (χ3n) is 2.24. The minimum Gasteiger partial charge on any atom is -0.484 e. The number of aliphatic hydroxyl groups excluding tert-OH is 1. The molecule has 0 saturated heterocycles. The topological polar surface area (TPSA) is 102 Å². The van der Waals surface area contributed by atoms with Crippen LogP contribution in [0.5, 0.6) is 5.75 Å². The van der Waals surface area contributed by atoms with Crippen molar-refractivity contribution in [2.24, 2.45) is 5.73 Å². The number of benzene rings is 1. The van der Waals surface area contributed by atoms with Crippen LogP contribution in [-0.4, -0.2) is 42.6 Å². The number of carbonyl (C=O) groups excluding carboxylic acids is 2. The van der Waals surface area contributed by atoms with Gasteiger partial charge in [0.15, 0.2) is 6.61 Å². The lowest BCUT2D eigenvalue weighted by molar-refractivity contribution is -0.119. The van der Waals surface area contributed by atoms with Crippen LogP contribution in [0, 0.1) is 0 Å². The van der Waals surface area contributed by atoms with Crippen molar-refractivity contribution >= 4 is 11.8 Å². The summed E-state index contributed by atoms with van der Waals surface area (Å²) in [5, 5.41) is 10.4. The fourth-order valence-electron chi connectivity index (χ4n) is 1.22. The third-order valence-corrected chi connectivity index (χ3v) is 2.24. The molecule has 0 aliphatic rings. The van der Waals surface area contributed by atoms with Gasteiger partial charge in [0, 0.05) is 5.56 Å². The highest BCUT2D eigenvalue weighted by Gasteiger charge is 2.28. The normalized spacial score (nSPS) is 10.9. The zero-order chi connectivity index (χ0) is 15.2. The summed E-state index contributed by atoms with van der Waals surface area (Å²) in [7, 11) is 0. The summed E-state index contributed by atoms with van der Waals surface area (Å²) >= 11 is 0. The van der Waals surface area contributed by atoms with Gasteiger partial charge in [-0.3, -0.25) is 9.59 Å². The number of rotatable bonds is 7. The Morgan fingerprint density at radius 1 is 1.30 bits per heavy atom. The van der Waals surface area contributed by atoms with Crippen LogP contribution in [0.1, 0.15) is 10.4 Å². The number of nitrogens with one attached hydrogen (secondary N) is 1. The van der Waals surface area contributed by atoms with E-state index in [1.807, 2.05) is 5.32 Å². The summed E-state index contributed by atoms with van der Waals surface area (Å²) in [6.07, 6.45) is 0. The Balaban J connectivity index is 2.55. The van der Waals surface area contributed by atoms with E-state index in [2.05, 4.69) is 0 Å². The van der Waals surface area contributed by atoms with Crippen LogP contribution in [0.15, 0.2) is 24.3 Å². The fraction of sp³-hybridized carbons (Fsp3) is 0.333. The highest BCUT2D eigenvalue weighted by molar-refractivity contribution is 5.94. The van der Waals surface area contributed by atoms with Gasteiger partial charge in [-0.25, -0.2) is 8.78 Å². The van der Waals surface area contributed by atoms with E-state index < -0.39 is 30.9 Å². The first-order valence-corrected chi connectivity index (χ1v) is 5.62. The van der Waals surface area contributed by atoms with E-state index in [0.29, 0.717) is 5.75 Å². The molecule has 0 fully saturated rings. The molecule has 0 unspecified atom stereocenters. The first kappa shape index (κ1) is 15.8. The van der Waals surface area contributed by atoms with Crippen molar-refractivity contribution in [2.75, 3.05) is 19.8 Å². The van der Waals surface area contributed by atoms with Gasteiger partial charge >= 0.3 is 0 Å². The van der Waals surface area contributed by atoms with Gasteiger partial charge in [-0.1, -0.05) is 0 Å². The first-order chi connectivity index (χ1) is 9.34. The molecule has 0 spiro atoms. The van der Waals surface area contributed by atoms with E-state index in [4.69, 9.17) is 15.6 Å². The Labute approximate surface area is 113 Å². The Morgan fingerprint density at radius 2 is 1.90 bits per heavy atom. The number of ether oxygens (including phenoxy) is 1. The zero-order valence-electron chi connectivity index (χ0n) is 10.4. The second kappa shape index (κ2) is 6.80. The molecule has 0 radical (unpaired) electrons. The number of nitrogens with two attached hydrogens (primary N) is 1. The van der Waals surface area contributed by atoms with Crippen molar-refractivity contribution < 1.29 is 28.2 Å². The maximum atomic E-state index is 12.7. The molecule has 1 rings (SSSR count). The zero-order valence-corrected chi connectivity index (χ0v) is 10.4. The van der Waals surface area contributed by atoms with Crippen LogP contribution in [0.3, 0.4) is 0 Å². The highest BCUT2D eigenvalue weighted by Crippen LogP contribution is 2.13. The average Bonchev–Trinajstić information content (AvgIpc) is 2.43. The fourth-order valence-corrected chi connectivity index (χ4v) is 1.22. The van der Waals surface area contributed by atoms with E-state index in [9.17, 15) is 18.4 Å². The van der Waals surface area contributed by atoms with Crippen molar-refractivity contribution in [3.8, 4) is 5.75 Å². The van der Waals surface area contributed by atoms with E-state index in [1.54, 1.807) is 0 Å². The molecule has 1 aromatic carbocycles. The van der Waals surface area contributed by atoms with Crippen LogP contribution in [0.25, 0.3) is 0 Å². The van der Waals surface area contributed by atoms with Gasteiger partial charge in [0.25, 0.3) is 17.7 Å². The third kappa shape index (κ3) is 5.19. The molecule has 0 atom stereocenters. The van der Waals surface area contributed by atoms with Gasteiger partial charge in [-0.05, 0) is 24.3 Å². The van der Waals surface area contributed by atoms with Gasteiger partial charge < -0.3 is 20.9 Å². The average molecular weight is 288 g/mol. The lowest BCUT2D eigenvalue weighted by Gasteiger charge is -2.14. The number of primary amides is 1. The molecule has 0 aliphatic carbocycles. The first-order valence-electron chi connectivity index (χ1n) is 5.62. The maximum absolute atomic E-state index is 12.7. The molecule has 0 aromatic heterocycles. The molecule has 2 amide bonds. The lowest BCUT2D eigenvalue weighted by Crippen LogP contribution is -2.38. The summed E-state index contributed by atoms with van der Waals surface area (Å²) < 4.78 is 30.5. The van der Waals surface area contributed by atoms with Crippen LogP contribution >= 0.6 is 0 Å². The van der Waals surface area contributed by atoms with Crippen molar-refractivity contribution in [1.29, 1.82) is 0 Å². The van der Waals surface area contributed by atoms with Crippen molar-refractivity contribution in [2.45, 2.75) is 5.92 Å². The lowest BCUT2D eigenvalue weighted by atomic mass is 10.2. The molecular formula is C12H14F2N2O4. The minimum absolute atomic E-state index is 0.144. The van der Waals surface area contributed by atoms with Crippen LogP contribution < -0.4 is 15.8 Å². The Kier molecular flexibility index (Phi) is 5.39. The predicted octanol–water partition coefficient (Wildman–Crippen LogP) is -0.0919. The van der Waals surface area contributed by atoms with Gasteiger partial charge in [0.2, 0.25) is 0 Å². The Hall–Kier alpha value is -2.22. The molecule has 110 valence electrons. The molecular weight excluding hydrogens is 274 g/mol. The van der Waals surface area contributed by atoms with Crippen LogP contribution in [0.4, 0.5) is 8.78 Å². The number of halogens is 2. The smallest absolute Gasteiger partial charge is 0.287 e. The molecule has 4 N–H and O–H groups in total. The maximum Gasteiger partial charge on any atom is 0.287 e. The van der Waals surface area contributed by atoms with Crippen molar-refractivity contribution in [1.82, 2.24) is 5.32 Å². The molecule has 0 aliphatic heterocycles. The van der Waals surface area contributed by atoms with Gasteiger partial charge in [0.05, 0.1) is 6.54 Å². The summed E-state index contributed by atoms with van der Waals surface area (Å²) in [5.74, 6) is -4.39. The molecule has 0 bridgehead atoms. The number of amides is 2. The standard InChI is InChI=1S/C12H14F2N2O4/c13-12(14,7-17)6-16-11(19)8-1-3-9(4-2-8)20-5-10(15)18/h1-4,17H,5-7H2,(H2,15,18)(H,16,19). The summed E-state index contributed by atoms with van der Waals surface area (Å²) in [6, 6.07) is 5.51. The van der Waals surface area contributed by atoms with Gasteiger partial charge in [-0.2, -0.15) is 0 Å². The summed E-state index contributed by atoms with van der Waals surface area (Å²) in [4.78, 5) is 22.0. The molecule has 6 nitrogen and oxygen atoms in total. The number of carbonyl (C=O) groups is 2. The van der Waals surface area contributed by atoms with Gasteiger partial charge in [0.1, 0.15) is 12.4 Å². The van der Waals surface area contributed by atoms with Crippen LogP contribution in [-0.2, 0) is 4.79 Å². The van der Waals surface area contributed by atoms with Gasteiger partial charge in [-0.15, -0.1) is 0 Å². The van der Waals surface area contributed by atoms with E-state index in [0.717, 1.165) is 0 Å². The Morgan fingerprint density at radius 3 is 2.40 bits per heavy atom. The number of alkyl halides is 2. The number of aliphatic hydroxyl groups is 1. The van der Waals surface area contributed by atoms with E-state index >= 15 is 0 Å². The van der Waals surface area contributed by atoms with E-state index in [1.165, 1.54) is 24.3 Å².